The summed E-state index contributed by atoms with van der Waals surface area (Å²) in [5, 5.41) is 12.3. The van der Waals surface area contributed by atoms with Crippen LogP contribution in [-0.2, 0) is 0 Å². The molecule has 0 saturated carbocycles. The monoisotopic (exact) mass is 306 g/mol. The molecule has 0 radical (unpaired) electrons. The fourth-order valence-electron chi connectivity index (χ4n) is 1.71. The van der Waals surface area contributed by atoms with Crippen molar-refractivity contribution in [2.75, 3.05) is 13.4 Å². The van der Waals surface area contributed by atoms with Gasteiger partial charge in [0.1, 0.15) is 5.75 Å². The SMILES string of the molecule is COc1ccc(-c2nnc3sc(SC)nn3c2=O)cc1. The fraction of sp³-hybridized carbons (Fsp3) is 0.167. The van der Waals surface area contributed by atoms with Crippen LogP contribution in [0.25, 0.3) is 16.2 Å². The molecule has 0 spiro atoms. The summed E-state index contributed by atoms with van der Waals surface area (Å²) in [4.78, 5) is 12.9. The van der Waals surface area contributed by atoms with Gasteiger partial charge in [-0.15, -0.1) is 15.3 Å². The summed E-state index contributed by atoms with van der Waals surface area (Å²) in [6, 6.07) is 7.11. The Morgan fingerprint density at radius 3 is 2.65 bits per heavy atom. The van der Waals surface area contributed by atoms with E-state index < -0.39 is 0 Å². The van der Waals surface area contributed by atoms with Crippen LogP contribution in [0.15, 0.2) is 33.4 Å². The first-order valence-corrected chi connectivity index (χ1v) is 7.72. The molecule has 0 unspecified atom stereocenters. The maximum atomic E-state index is 12.4. The van der Waals surface area contributed by atoms with E-state index in [4.69, 9.17) is 4.74 Å². The van der Waals surface area contributed by atoms with E-state index in [-0.39, 0.29) is 11.3 Å². The molecule has 2 heterocycles. The minimum atomic E-state index is -0.267. The number of ether oxygens (including phenoxy) is 1. The van der Waals surface area contributed by atoms with Crippen molar-refractivity contribution < 1.29 is 4.74 Å². The van der Waals surface area contributed by atoms with Gasteiger partial charge >= 0.3 is 5.56 Å². The van der Waals surface area contributed by atoms with Crippen molar-refractivity contribution in [2.24, 2.45) is 0 Å². The Kier molecular flexibility index (Phi) is 3.41. The Morgan fingerprint density at radius 2 is 2.00 bits per heavy atom. The van der Waals surface area contributed by atoms with Crippen LogP contribution in [0.1, 0.15) is 0 Å². The smallest absolute Gasteiger partial charge is 0.302 e. The predicted molar refractivity (Wildman–Crippen MR) is 78.7 cm³/mol. The van der Waals surface area contributed by atoms with Crippen LogP contribution in [0.5, 0.6) is 5.75 Å². The number of aromatic nitrogens is 4. The van der Waals surface area contributed by atoms with Crippen LogP contribution in [-0.4, -0.2) is 33.2 Å². The van der Waals surface area contributed by atoms with Gasteiger partial charge in [0, 0.05) is 5.56 Å². The Hall–Kier alpha value is -1.93. The molecule has 0 amide bonds. The maximum absolute atomic E-state index is 12.4. The lowest BCUT2D eigenvalue weighted by atomic mass is 10.1. The van der Waals surface area contributed by atoms with Crippen LogP contribution < -0.4 is 10.3 Å². The molecule has 0 fully saturated rings. The van der Waals surface area contributed by atoms with Crippen molar-refractivity contribution in [3.8, 4) is 17.0 Å². The largest absolute Gasteiger partial charge is 0.497 e. The van der Waals surface area contributed by atoms with Gasteiger partial charge in [-0.2, -0.15) is 4.52 Å². The highest BCUT2D eigenvalue weighted by molar-refractivity contribution is 8.00. The van der Waals surface area contributed by atoms with E-state index in [0.717, 1.165) is 10.1 Å². The van der Waals surface area contributed by atoms with Gasteiger partial charge in [0.05, 0.1) is 7.11 Å². The van der Waals surface area contributed by atoms with Crippen LogP contribution in [0.2, 0.25) is 0 Å². The third-order valence-electron chi connectivity index (χ3n) is 2.71. The second-order valence-electron chi connectivity index (χ2n) is 3.85. The number of nitrogens with zero attached hydrogens (tertiary/aromatic N) is 4. The van der Waals surface area contributed by atoms with Crippen LogP contribution in [0.4, 0.5) is 0 Å². The summed E-state index contributed by atoms with van der Waals surface area (Å²) in [5.41, 5.74) is 0.705. The Labute approximate surface area is 122 Å². The normalized spacial score (nSPS) is 10.9. The predicted octanol–water partition coefficient (Wildman–Crippen LogP) is 1.94. The summed E-state index contributed by atoms with van der Waals surface area (Å²) >= 11 is 2.82. The molecule has 20 heavy (non-hydrogen) atoms. The number of hydrogen-bond acceptors (Lipinski definition) is 7. The molecule has 3 aromatic rings. The van der Waals surface area contributed by atoms with E-state index in [1.165, 1.54) is 27.6 Å². The highest BCUT2D eigenvalue weighted by atomic mass is 32.2. The highest BCUT2D eigenvalue weighted by Gasteiger charge is 2.13. The minimum Gasteiger partial charge on any atom is -0.497 e. The van der Waals surface area contributed by atoms with Crippen molar-refractivity contribution in [1.82, 2.24) is 19.8 Å². The molecule has 6 nitrogen and oxygen atoms in total. The molecule has 0 N–H and O–H groups in total. The molecule has 0 saturated heterocycles. The molecule has 0 atom stereocenters. The zero-order valence-corrected chi connectivity index (χ0v) is 12.4. The van der Waals surface area contributed by atoms with E-state index in [0.29, 0.717) is 10.5 Å². The van der Waals surface area contributed by atoms with Gasteiger partial charge in [-0.1, -0.05) is 23.1 Å². The average Bonchev–Trinajstić information content (AvgIpc) is 2.92. The first kappa shape index (κ1) is 13.1. The Morgan fingerprint density at radius 1 is 1.25 bits per heavy atom. The van der Waals surface area contributed by atoms with E-state index >= 15 is 0 Å². The first-order valence-electron chi connectivity index (χ1n) is 5.68. The summed E-state index contributed by atoms with van der Waals surface area (Å²) in [5.74, 6) is 0.723. The van der Waals surface area contributed by atoms with Gasteiger partial charge in [0.25, 0.3) is 0 Å². The zero-order valence-electron chi connectivity index (χ0n) is 10.7. The lowest BCUT2D eigenvalue weighted by Crippen LogP contribution is -2.19. The molecular formula is C12H10N4O2S2. The van der Waals surface area contributed by atoms with E-state index in [1.807, 2.05) is 6.26 Å². The third-order valence-corrected chi connectivity index (χ3v) is 4.58. The van der Waals surface area contributed by atoms with E-state index in [2.05, 4.69) is 15.3 Å². The lowest BCUT2D eigenvalue weighted by molar-refractivity contribution is 0.415. The van der Waals surface area contributed by atoms with Gasteiger partial charge in [-0.25, -0.2) is 0 Å². The minimum absolute atomic E-state index is 0.267. The van der Waals surface area contributed by atoms with Crippen molar-refractivity contribution >= 4 is 28.1 Å². The van der Waals surface area contributed by atoms with Crippen molar-refractivity contribution in [1.29, 1.82) is 0 Å². The van der Waals surface area contributed by atoms with Gasteiger partial charge in [-0.05, 0) is 30.5 Å². The van der Waals surface area contributed by atoms with Crippen molar-refractivity contribution in [3.63, 3.8) is 0 Å². The number of hydrogen-bond donors (Lipinski definition) is 0. The second-order valence-corrected chi connectivity index (χ2v) is 5.86. The standard InChI is InChI=1S/C12H10N4O2S2/c1-18-8-5-3-7(4-6-8)9-10(17)16-11(14-13-9)20-12(15-16)19-2/h3-6H,1-2H3. The zero-order chi connectivity index (χ0) is 14.1. The Bertz CT molecular complexity index is 810. The molecule has 2 aromatic heterocycles. The topological polar surface area (TPSA) is 69.4 Å². The molecule has 8 heteroatoms. The number of fused-ring (bicyclic) bond motifs is 1. The van der Waals surface area contributed by atoms with E-state index in [1.54, 1.807) is 31.4 Å². The lowest BCUT2D eigenvalue weighted by Gasteiger charge is -2.01. The van der Waals surface area contributed by atoms with Crippen LogP contribution >= 0.6 is 23.1 Å². The maximum Gasteiger partial charge on any atom is 0.302 e. The van der Waals surface area contributed by atoms with Crippen LogP contribution in [0, 0.1) is 0 Å². The van der Waals surface area contributed by atoms with Gasteiger partial charge in [0.2, 0.25) is 4.96 Å². The molecule has 0 aliphatic carbocycles. The average molecular weight is 306 g/mol. The van der Waals surface area contributed by atoms with Crippen LogP contribution in [0.3, 0.4) is 0 Å². The quantitative estimate of drug-likeness (QED) is 0.689. The van der Waals surface area contributed by atoms with Crippen molar-refractivity contribution in [2.45, 2.75) is 4.34 Å². The molecular weight excluding hydrogens is 296 g/mol. The second kappa shape index (κ2) is 5.22. The van der Waals surface area contributed by atoms with E-state index in [9.17, 15) is 4.79 Å². The summed E-state index contributed by atoms with van der Waals surface area (Å²) in [6.07, 6.45) is 1.90. The fourth-order valence-corrected chi connectivity index (χ4v) is 3.00. The molecule has 0 bridgehead atoms. The molecule has 102 valence electrons. The highest BCUT2D eigenvalue weighted by Crippen LogP contribution is 2.22. The number of thioether (sulfide) groups is 1. The van der Waals surface area contributed by atoms with Crippen molar-refractivity contribution in [3.05, 3.63) is 34.6 Å². The first-order chi connectivity index (χ1) is 9.72. The molecule has 0 aliphatic heterocycles. The number of rotatable bonds is 3. The molecule has 1 aromatic carbocycles. The molecule has 3 rings (SSSR count). The summed E-state index contributed by atoms with van der Waals surface area (Å²) in [7, 11) is 1.59. The number of methoxy groups -OCH3 is 1. The molecule has 0 aliphatic rings. The van der Waals surface area contributed by atoms with Gasteiger partial charge in [-0.3, -0.25) is 4.79 Å². The summed E-state index contributed by atoms with van der Waals surface area (Å²) < 4.78 is 7.17. The Balaban J connectivity index is 2.15. The summed E-state index contributed by atoms with van der Waals surface area (Å²) in [6.45, 7) is 0. The van der Waals surface area contributed by atoms with Gasteiger partial charge in [0.15, 0.2) is 10.0 Å². The number of benzene rings is 1. The van der Waals surface area contributed by atoms with Gasteiger partial charge < -0.3 is 4.74 Å². The third kappa shape index (κ3) is 2.16.